The van der Waals surface area contributed by atoms with Gasteiger partial charge >= 0.3 is 12.1 Å². The maximum absolute atomic E-state index is 13.1. The number of alkyl halides is 3. The maximum Gasteiger partial charge on any atom is 0.417 e. The van der Waals surface area contributed by atoms with Crippen LogP contribution in [0.1, 0.15) is 24.0 Å². The highest BCUT2D eigenvalue weighted by molar-refractivity contribution is 7.87. The highest BCUT2D eigenvalue weighted by Gasteiger charge is 2.70. The molecule has 1 aliphatic heterocycles. The molecule has 1 saturated heterocycles. The molecule has 2 heterocycles. The van der Waals surface area contributed by atoms with Crippen molar-refractivity contribution < 1.29 is 31.5 Å². The number of aliphatic carboxylic acids is 1. The third-order valence-electron chi connectivity index (χ3n) is 6.39. The third kappa shape index (κ3) is 4.30. The van der Waals surface area contributed by atoms with Gasteiger partial charge in [0.2, 0.25) is 0 Å². The summed E-state index contributed by atoms with van der Waals surface area (Å²) in [6, 6.07) is 11.1. The predicted molar refractivity (Wildman–Crippen MR) is 114 cm³/mol. The van der Waals surface area contributed by atoms with Crippen molar-refractivity contribution in [2.45, 2.75) is 24.6 Å². The second kappa shape index (κ2) is 8.26. The Bertz CT molecular complexity index is 1120. The Morgan fingerprint density at radius 1 is 1.12 bits per heavy atom. The number of anilines is 1. The zero-order valence-electron chi connectivity index (χ0n) is 17.7. The number of hydrogen-bond acceptors (Lipinski definition) is 5. The Labute approximate surface area is 189 Å². The summed E-state index contributed by atoms with van der Waals surface area (Å²) in [6.45, 7) is 2.19. The van der Waals surface area contributed by atoms with E-state index in [4.69, 9.17) is 0 Å². The summed E-state index contributed by atoms with van der Waals surface area (Å²) >= 11 is 0. The van der Waals surface area contributed by atoms with Gasteiger partial charge in [-0.25, -0.2) is 4.98 Å². The Hall–Kier alpha value is -2.70. The van der Waals surface area contributed by atoms with Gasteiger partial charge in [-0.3, -0.25) is 4.79 Å². The van der Waals surface area contributed by atoms with E-state index in [1.807, 2.05) is 0 Å². The standard InChI is InChI=1S/C21H23F3N4O4S/c1-14-18(15-5-3-2-4-6-15)20(14,19(29)30)26-33(31,32)28-11-9-27(10-12-28)17-8-7-16(13-25-17)21(22,23)24/h2-8,13-14,18,26H,9-12H2,1H3,(H,29,30)/t14?,18-,20+/m1/s1. The van der Waals surface area contributed by atoms with Crippen LogP contribution in [0.5, 0.6) is 0 Å². The van der Waals surface area contributed by atoms with Crippen molar-refractivity contribution in [3.63, 3.8) is 0 Å². The molecule has 8 nitrogen and oxygen atoms in total. The molecule has 0 amide bonds. The van der Waals surface area contributed by atoms with Crippen LogP contribution >= 0.6 is 0 Å². The number of carbonyl (C=O) groups is 1. The molecule has 0 radical (unpaired) electrons. The largest absolute Gasteiger partial charge is 0.480 e. The fourth-order valence-electron chi connectivity index (χ4n) is 4.48. The van der Waals surface area contributed by atoms with E-state index in [-0.39, 0.29) is 26.2 Å². The summed E-state index contributed by atoms with van der Waals surface area (Å²) in [6.07, 6.45) is -3.74. The quantitative estimate of drug-likeness (QED) is 0.653. The van der Waals surface area contributed by atoms with Crippen molar-refractivity contribution in [3.05, 3.63) is 59.8 Å². The molecule has 2 aromatic rings. The summed E-state index contributed by atoms with van der Waals surface area (Å²) in [5.41, 5.74) is -1.75. The van der Waals surface area contributed by atoms with Crippen LogP contribution in [0.2, 0.25) is 0 Å². The first-order valence-corrected chi connectivity index (χ1v) is 11.8. The minimum atomic E-state index is -4.48. The molecule has 1 aromatic carbocycles. The number of nitrogens with zero attached hydrogens (tertiary/aromatic N) is 3. The monoisotopic (exact) mass is 484 g/mol. The maximum atomic E-state index is 13.1. The average Bonchev–Trinajstić information content (AvgIpc) is 3.37. The van der Waals surface area contributed by atoms with Crippen LogP contribution in [0.15, 0.2) is 48.7 Å². The number of benzene rings is 1. The van der Waals surface area contributed by atoms with Crippen molar-refractivity contribution >= 4 is 22.0 Å². The minimum absolute atomic E-state index is 0.0398. The van der Waals surface area contributed by atoms with Gasteiger partial charge in [-0.1, -0.05) is 37.3 Å². The van der Waals surface area contributed by atoms with Gasteiger partial charge in [-0.2, -0.15) is 30.6 Å². The second-order valence-electron chi connectivity index (χ2n) is 8.25. The average molecular weight is 485 g/mol. The first-order chi connectivity index (χ1) is 15.5. The lowest BCUT2D eigenvalue weighted by atomic mass is 10.1. The SMILES string of the molecule is CC1[C@H](c2ccccc2)[C@]1(NS(=O)(=O)N1CCN(c2ccc(C(F)(F)F)cn2)CC1)C(=O)O. The molecule has 0 spiro atoms. The van der Waals surface area contributed by atoms with E-state index >= 15 is 0 Å². The van der Waals surface area contributed by atoms with Gasteiger partial charge < -0.3 is 10.0 Å². The van der Waals surface area contributed by atoms with Gasteiger partial charge in [0.15, 0.2) is 0 Å². The summed E-state index contributed by atoms with van der Waals surface area (Å²) in [5, 5.41) is 9.90. The molecular formula is C21H23F3N4O4S. The number of carboxylic acids is 1. The van der Waals surface area contributed by atoms with Gasteiger partial charge in [0.1, 0.15) is 11.4 Å². The molecule has 1 aromatic heterocycles. The van der Waals surface area contributed by atoms with Crippen LogP contribution < -0.4 is 9.62 Å². The molecule has 3 atom stereocenters. The molecule has 2 fully saturated rings. The van der Waals surface area contributed by atoms with Crippen LogP contribution in [0, 0.1) is 5.92 Å². The molecule has 1 saturated carbocycles. The Kier molecular flexibility index (Phi) is 5.87. The number of hydrogen-bond donors (Lipinski definition) is 2. The van der Waals surface area contributed by atoms with E-state index < -0.39 is 45.3 Å². The smallest absolute Gasteiger partial charge is 0.417 e. The molecular weight excluding hydrogens is 461 g/mol. The lowest BCUT2D eigenvalue weighted by Gasteiger charge is -2.35. The number of rotatable bonds is 6. The third-order valence-corrected chi connectivity index (χ3v) is 8.03. The van der Waals surface area contributed by atoms with E-state index in [1.54, 1.807) is 42.2 Å². The van der Waals surface area contributed by atoms with Crippen molar-refractivity contribution in [3.8, 4) is 0 Å². The Morgan fingerprint density at radius 2 is 1.76 bits per heavy atom. The van der Waals surface area contributed by atoms with Crippen LogP contribution in [0.3, 0.4) is 0 Å². The highest BCUT2D eigenvalue weighted by Crippen LogP contribution is 2.57. The molecule has 2 N–H and O–H groups in total. The molecule has 1 unspecified atom stereocenters. The van der Waals surface area contributed by atoms with Crippen molar-refractivity contribution in [1.29, 1.82) is 0 Å². The van der Waals surface area contributed by atoms with E-state index in [9.17, 15) is 31.5 Å². The van der Waals surface area contributed by atoms with Crippen LogP contribution in [0.4, 0.5) is 19.0 Å². The lowest BCUT2D eigenvalue weighted by Crippen LogP contribution is -2.56. The predicted octanol–water partition coefficient (Wildman–Crippen LogP) is 2.31. The summed E-state index contributed by atoms with van der Waals surface area (Å²) < 4.78 is 67.9. The molecule has 4 rings (SSSR count). The first kappa shape index (κ1) is 23.5. The van der Waals surface area contributed by atoms with Gasteiger partial charge in [0.05, 0.1) is 5.56 Å². The van der Waals surface area contributed by atoms with E-state index in [0.29, 0.717) is 5.82 Å². The van der Waals surface area contributed by atoms with Crippen molar-refractivity contribution in [2.75, 3.05) is 31.1 Å². The first-order valence-electron chi connectivity index (χ1n) is 10.3. The molecule has 2 aliphatic rings. The molecule has 33 heavy (non-hydrogen) atoms. The molecule has 178 valence electrons. The van der Waals surface area contributed by atoms with Crippen LogP contribution in [-0.4, -0.2) is 60.5 Å². The van der Waals surface area contributed by atoms with E-state index in [2.05, 4.69) is 9.71 Å². The zero-order valence-corrected chi connectivity index (χ0v) is 18.5. The van der Waals surface area contributed by atoms with Crippen LogP contribution in [0.25, 0.3) is 0 Å². The molecule has 1 aliphatic carbocycles. The summed E-state index contributed by atoms with van der Waals surface area (Å²) in [7, 11) is -4.12. The van der Waals surface area contributed by atoms with E-state index in [0.717, 1.165) is 22.1 Å². The summed E-state index contributed by atoms with van der Waals surface area (Å²) in [5.74, 6) is -1.86. The van der Waals surface area contributed by atoms with Gasteiger partial charge in [-0.05, 0) is 23.6 Å². The topological polar surface area (TPSA) is 103 Å². The zero-order chi connectivity index (χ0) is 24.0. The fourth-order valence-corrected chi connectivity index (χ4v) is 6.08. The number of halogens is 3. The second-order valence-corrected chi connectivity index (χ2v) is 9.92. The minimum Gasteiger partial charge on any atom is -0.480 e. The normalized spacial score (nSPS) is 26.2. The highest BCUT2D eigenvalue weighted by atomic mass is 32.2. The molecule has 0 bridgehead atoms. The number of piperazine rings is 1. The van der Waals surface area contributed by atoms with Gasteiger partial charge in [0, 0.05) is 38.3 Å². The van der Waals surface area contributed by atoms with Crippen molar-refractivity contribution in [2.24, 2.45) is 5.92 Å². The van der Waals surface area contributed by atoms with Gasteiger partial charge in [-0.15, -0.1) is 0 Å². The number of nitrogens with one attached hydrogen (secondary N) is 1. The lowest BCUT2D eigenvalue weighted by molar-refractivity contribution is -0.141. The van der Waals surface area contributed by atoms with Gasteiger partial charge in [0.25, 0.3) is 10.2 Å². The Balaban J connectivity index is 1.44. The van der Waals surface area contributed by atoms with Crippen LogP contribution in [-0.2, 0) is 21.2 Å². The summed E-state index contributed by atoms with van der Waals surface area (Å²) in [4.78, 5) is 17.7. The fraction of sp³-hybridized carbons (Fsp3) is 0.429. The molecule has 12 heteroatoms. The van der Waals surface area contributed by atoms with Crippen molar-refractivity contribution in [1.82, 2.24) is 14.0 Å². The number of carboxylic acid groups (broad SMARTS) is 1. The number of pyridine rings is 1. The van der Waals surface area contributed by atoms with E-state index in [1.165, 1.54) is 6.07 Å². The Morgan fingerprint density at radius 3 is 2.27 bits per heavy atom. The number of aromatic nitrogens is 1.